The number of aryl methyl sites for hydroxylation is 1. The van der Waals surface area contributed by atoms with Crippen LogP contribution in [0.4, 0.5) is 5.69 Å². The minimum atomic E-state index is 0.171. The molecule has 0 fully saturated rings. The van der Waals surface area contributed by atoms with E-state index in [4.69, 9.17) is 14.8 Å². The number of para-hydroxylation sites is 1. The average Bonchev–Trinajstić information content (AvgIpc) is 3.38. The van der Waals surface area contributed by atoms with E-state index in [0.717, 1.165) is 34.2 Å². The van der Waals surface area contributed by atoms with Gasteiger partial charge in [0.05, 0.1) is 31.0 Å². The highest BCUT2D eigenvalue weighted by atomic mass is 16.5. The van der Waals surface area contributed by atoms with E-state index >= 15 is 0 Å². The lowest BCUT2D eigenvalue weighted by molar-refractivity contribution is 0.413. The zero-order valence-electron chi connectivity index (χ0n) is 16.1. The van der Waals surface area contributed by atoms with Crippen LogP contribution in [0.5, 0.6) is 5.75 Å². The van der Waals surface area contributed by atoms with Gasteiger partial charge in [0.2, 0.25) is 5.84 Å². The van der Waals surface area contributed by atoms with E-state index in [-0.39, 0.29) is 4.59 Å². The first-order valence-electron chi connectivity index (χ1n) is 9.24. The van der Waals surface area contributed by atoms with Crippen molar-refractivity contribution in [2.45, 2.75) is 6.92 Å². The van der Waals surface area contributed by atoms with Crippen molar-refractivity contribution < 1.29 is 4.74 Å². The molecule has 0 N–H and O–H groups in total. The summed E-state index contributed by atoms with van der Waals surface area (Å²) in [4.78, 5) is 13.3. The fourth-order valence-electron chi connectivity index (χ4n) is 3.52. The summed E-state index contributed by atoms with van der Waals surface area (Å²) in [6.07, 6.45) is 9.17. The molecular formula is C22H19N6O+. The number of hydrogen-bond acceptors (Lipinski definition) is 5. The van der Waals surface area contributed by atoms with Crippen molar-refractivity contribution in [3.05, 3.63) is 84.7 Å². The van der Waals surface area contributed by atoms with Crippen LogP contribution in [0.15, 0.2) is 88.5 Å². The second kappa shape index (κ2) is 6.65. The van der Waals surface area contributed by atoms with E-state index in [1.54, 1.807) is 25.9 Å². The predicted molar refractivity (Wildman–Crippen MR) is 115 cm³/mol. The molecule has 7 nitrogen and oxygen atoms in total. The van der Waals surface area contributed by atoms with E-state index < -0.39 is 0 Å². The topological polar surface area (TPSA) is 64.1 Å². The summed E-state index contributed by atoms with van der Waals surface area (Å²) in [6.45, 7) is 1.96. The highest BCUT2D eigenvalue weighted by Crippen LogP contribution is 2.33. The largest absolute Gasteiger partial charge is 0.495 e. The number of methoxy groups -OCH3 is 1. The van der Waals surface area contributed by atoms with Crippen LogP contribution in [0.2, 0.25) is 0 Å². The molecule has 2 aromatic carbocycles. The van der Waals surface area contributed by atoms with Crippen molar-refractivity contribution >= 4 is 23.6 Å². The molecule has 7 heteroatoms. The SMILES string of the molecule is COc1cc(C2=N[N+]3(c4ccccc4)C=CN=CC3=N2)ccc1-n1cnc(C)c1. The number of hydrogen-bond donors (Lipinski definition) is 0. The molecule has 3 heterocycles. The number of amidine groups is 2. The second-order valence-corrected chi connectivity index (χ2v) is 6.80. The summed E-state index contributed by atoms with van der Waals surface area (Å²) < 4.78 is 7.75. The van der Waals surface area contributed by atoms with Crippen molar-refractivity contribution in [3.63, 3.8) is 0 Å². The first kappa shape index (κ1) is 17.3. The Morgan fingerprint density at radius 1 is 1.07 bits per heavy atom. The molecule has 0 saturated carbocycles. The Hall–Kier alpha value is -3.84. The molecule has 0 aliphatic carbocycles. The lowest BCUT2D eigenvalue weighted by Crippen LogP contribution is -2.44. The third kappa shape index (κ3) is 2.79. The van der Waals surface area contributed by atoms with Gasteiger partial charge in [-0.25, -0.2) is 4.98 Å². The summed E-state index contributed by atoms with van der Waals surface area (Å²) in [6, 6.07) is 16.0. The Labute approximate surface area is 168 Å². The van der Waals surface area contributed by atoms with Gasteiger partial charge in [0, 0.05) is 23.9 Å². The van der Waals surface area contributed by atoms with Gasteiger partial charge in [-0.05, 0) is 30.2 Å². The molecule has 0 bridgehead atoms. The molecule has 1 aromatic heterocycles. The molecule has 3 aromatic rings. The molecule has 2 aliphatic rings. The molecule has 142 valence electrons. The maximum Gasteiger partial charge on any atom is 0.285 e. The summed E-state index contributed by atoms with van der Waals surface area (Å²) >= 11 is 0. The second-order valence-electron chi connectivity index (χ2n) is 6.80. The van der Waals surface area contributed by atoms with Crippen LogP contribution in [0.1, 0.15) is 11.3 Å². The monoisotopic (exact) mass is 383 g/mol. The van der Waals surface area contributed by atoms with Crippen molar-refractivity contribution in [2.24, 2.45) is 15.1 Å². The average molecular weight is 383 g/mol. The van der Waals surface area contributed by atoms with Crippen LogP contribution >= 0.6 is 0 Å². The van der Waals surface area contributed by atoms with Gasteiger partial charge in [0.15, 0.2) is 11.9 Å². The number of rotatable bonds is 4. The van der Waals surface area contributed by atoms with Gasteiger partial charge in [0.25, 0.3) is 5.84 Å². The van der Waals surface area contributed by atoms with Crippen LogP contribution in [-0.2, 0) is 0 Å². The lowest BCUT2D eigenvalue weighted by atomic mass is 10.1. The van der Waals surface area contributed by atoms with E-state index in [2.05, 4.69) is 9.98 Å². The molecule has 1 atom stereocenters. The first-order valence-corrected chi connectivity index (χ1v) is 9.24. The van der Waals surface area contributed by atoms with Gasteiger partial charge < -0.3 is 9.30 Å². The molecule has 1 unspecified atom stereocenters. The Morgan fingerprint density at radius 2 is 1.93 bits per heavy atom. The fourth-order valence-corrected chi connectivity index (χ4v) is 3.52. The summed E-state index contributed by atoms with van der Waals surface area (Å²) in [5.74, 6) is 2.11. The van der Waals surface area contributed by atoms with Crippen molar-refractivity contribution in [3.8, 4) is 11.4 Å². The van der Waals surface area contributed by atoms with Crippen molar-refractivity contribution in [1.82, 2.24) is 14.1 Å². The van der Waals surface area contributed by atoms with Crippen LogP contribution in [0.25, 0.3) is 5.69 Å². The third-order valence-corrected chi connectivity index (χ3v) is 4.96. The standard InChI is InChI=1S/C22H19N6O/c1-16-14-27(15-24-16)19-9-8-17(12-20(19)29-2)22-25-21-13-23-10-11-28(21,26-22)18-6-4-3-5-7-18/h3-15H,1-2H3/q+1. The lowest BCUT2D eigenvalue weighted by Gasteiger charge is -2.23. The van der Waals surface area contributed by atoms with Gasteiger partial charge in [0.1, 0.15) is 12.0 Å². The van der Waals surface area contributed by atoms with E-state index in [1.165, 1.54) is 0 Å². The van der Waals surface area contributed by atoms with Crippen molar-refractivity contribution in [1.29, 1.82) is 0 Å². The fraction of sp³-hybridized carbons (Fsp3) is 0.0909. The number of aromatic nitrogens is 2. The summed E-state index contributed by atoms with van der Waals surface area (Å²) in [5, 5.41) is 4.96. The molecule has 2 aliphatic heterocycles. The molecule has 0 amide bonds. The zero-order chi connectivity index (χ0) is 19.8. The van der Waals surface area contributed by atoms with Gasteiger partial charge in [-0.2, -0.15) is 4.99 Å². The van der Waals surface area contributed by atoms with Crippen LogP contribution in [0, 0.1) is 6.92 Å². The number of benzene rings is 2. The van der Waals surface area contributed by atoms with Crippen LogP contribution in [-0.4, -0.2) is 34.5 Å². The summed E-state index contributed by atoms with van der Waals surface area (Å²) in [7, 11) is 1.66. The van der Waals surface area contributed by atoms with E-state index in [1.807, 2.05) is 72.4 Å². The molecule has 0 spiro atoms. The number of ether oxygens (including phenoxy) is 1. The van der Waals surface area contributed by atoms with Gasteiger partial charge in [-0.1, -0.05) is 22.8 Å². The number of quaternary nitrogens is 1. The number of aliphatic imine (C=N–C) groups is 2. The Kier molecular flexibility index (Phi) is 3.96. The molecule has 29 heavy (non-hydrogen) atoms. The van der Waals surface area contributed by atoms with E-state index in [9.17, 15) is 0 Å². The normalized spacial score (nSPS) is 19.7. The van der Waals surface area contributed by atoms with Gasteiger partial charge in [-0.15, -0.1) is 0 Å². The number of nitrogens with zero attached hydrogens (tertiary/aromatic N) is 6. The van der Waals surface area contributed by atoms with Crippen LogP contribution in [0.3, 0.4) is 0 Å². The third-order valence-electron chi connectivity index (χ3n) is 4.96. The highest BCUT2D eigenvalue weighted by Gasteiger charge is 2.42. The zero-order valence-corrected chi connectivity index (χ0v) is 16.1. The first-order chi connectivity index (χ1) is 14.2. The van der Waals surface area contributed by atoms with Gasteiger partial charge >= 0.3 is 0 Å². The smallest absolute Gasteiger partial charge is 0.285 e. The van der Waals surface area contributed by atoms with Crippen molar-refractivity contribution in [2.75, 3.05) is 7.11 Å². The number of imidazole rings is 1. The Balaban J connectivity index is 1.60. The van der Waals surface area contributed by atoms with E-state index in [0.29, 0.717) is 5.84 Å². The minimum absolute atomic E-state index is 0.171. The maximum absolute atomic E-state index is 5.64. The molecular weight excluding hydrogens is 364 g/mol. The Morgan fingerprint density at radius 3 is 2.69 bits per heavy atom. The minimum Gasteiger partial charge on any atom is -0.495 e. The predicted octanol–water partition coefficient (Wildman–Crippen LogP) is 3.83. The summed E-state index contributed by atoms with van der Waals surface area (Å²) in [5.41, 5.74) is 3.73. The molecule has 5 rings (SSSR count). The number of fused-ring (bicyclic) bond motifs is 1. The van der Waals surface area contributed by atoms with Gasteiger partial charge in [-0.3, -0.25) is 4.99 Å². The van der Waals surface area contributed by atoms with Crippen LogP contribution < -0.4 is 9.33 Å². The molecule has 0 saturated heterocycles. The molecule has 0 radical (unpaired) electrons. The maximum atomic E-state index is 5.64. The Bertz CT molecular complexity index is 1210. The highest BCUT2D eigenvalue weighted by molar-refractivity contribution is 6.39. The quantitative estimate of drug-likeness (QED) is 0.643.